The molecule has 0 saturated heterocycles. The summed E-state index contributed by atoms with van der Waals surface area (Å²) in [6.45, 7) is 2.91. The van der Waals surface area contributed by atoms with Crippen LogP contribution in [0.4, 0.5) is 11.4 Å². The van der Waals surface area contributed by atoms with Crippen LogP contribution in [-0.4, -0.2) is 14.1 Å². The fourth-order valence-corrected chi connectivity index (χ4v) is 2.02. The number of nitriles is 1. The average molecular weight is 265 g/mol. The first-order valence-electron chi connectivity index (χ1n) is 6.61. The summed E-state index contributed by atoms with van der Waals surface area (Å²) in [5.74, 6) is 0. The Morgan fingerprint density at radius 2 is 1.80 bits per heavy atom. The van der Waals surface area contributed by atoms with Gasteiger partial charge in [0.05, 0.1) is 11.6 Å². The molecule has 3 nitrogen and oxygen atoms in total. The van der Waals surface area contributed by atoms with Crippen LogP contribution >= 0.6 is 0 Å². The van der Waals surface area contributed by atoms with E-state index in [0.29, 0.717) is 5.56 Å². The second-order valence-electron chi connectivity index (χ2n) is 5.05. The van der Waals surface area contributed by atoms with Crippen molar-refractivity contribution in [3.8, 4) is 6.07 Å². The molecule has 0 spiro atoms. The standard InChI is InChI=1S/C17H19N3/c1-13-10-17(20(2)3)9-6-15(13)12-19-16-7-4-14(11-18)5-8-16/h4-10,19H,12H2,1-3H3. The van der Waals surface area contributed by atoms with E-state index in [1.165, 1.54) is 16.8 Å². The lowest BCUT2D eigenvalue weighted by Crippen LogP contribution is -2.09. The van der Waals surface area contributed by atoms with Gasteiger partial charge in [-0.05, 0) is 54.4 Å². The van der Waals surface area contributed by atoms with Crippen molar-refractivity contribution in [3.05, 3.63) is 59.2 Å². The summed E-state index contributed by atoms with van der Waals surface area (Å²) >= 11 is 0. The third-order valence-electron chi connectivity index (χ3n) is 3.34. The zero-order valence-corrected chi connectivity index (χ0v) is 12.1. The van der Waals surface area contributed by atoms with Crippen molar-refractivity contribution in [2.75, 3.05) is 24.3 Å². The molecule has 0 aromatic heterocycles. The molecule has 0 atom stereocenters. The SMILES string of the molecule is Cc1cc(N(C)C)ccc1CNc1ccc(C#N)cc1. The van der Waals surface area contributed by atoms with E-state index >= 15 is 0 Å². The Hall–Kier alpha value is -2.47. The first-order chi connectivity index (χ1) is 9.60. The monoisotopic (exact) mass is 265 g/mol. The molecule has 2 rings (SSSR count). The highest BCUT2D eigenvalue weighted by Gasteiger charge is 2.02. The summed E-state index contributed by atoms with van der Waals surface area (Å²) in [6, 6.07) is 16.1. The minimum Gasteiger partial charge on any atom is -0.381 e. The number of rotatable bonds is 4. The van der Waals surface area contributed by atoms with Crippen LogP contribution in [0.5, 0.6) is 0 Å². The fourth-order valence-electron chi connectivity index (χ4n) is 2.02. The minimum atomic E-state index is 0.682. The molecular formula is C17H19N3. The molecule has 0 saturated carbocycles. The van der Waals surface area contributed by atoms with Gasteiger partial charge in [0.15, 0.2) is 0 Å². The lowest BCUT2D eigenvalue weighted by Gasteiger charge is -2.15. The largest absolute Gasteiger partial charge is 0.381 e. The topological polar surface area (TPSA) is 39.1 Å². The minimum absolute atomic E-state index is 0.682. The summed E-state index contributed by atoms with van der Waals surface area (Å²) in [6.07, 6.45) is 0. The second-order valence-corrected chi connectivity index (χ2v) is 5.05. The molecule has 0 heterocycles. The first-order valence-corrected chi connectivity index (χ1v) is 6.61. The number of aryl methyl sites for hydroxylation is 1. The molecule has 0 fully saturated rings. The summed E-state index contributed by atoms with van der Waals surface area (Å²) in [4.78, 5) is 2.10. The highest BCUT2D eigenvalue weighted by Crippen LogP contribution is 2.18. The normalized spacial score (nSPS) is 9.90. The Morgan fingerprint density at radius 1 is 1.10 bits per heavy atom. The van der Waals surface area contributed by atoms with Crippen molar-refractivity contribution in [1.29, 1.82) is 5.26 Å². The van der Waals surface area contributed by atoms with Crippen molar-refractivity contribution in [2.24, 2.45) is 0 Å². The van der Waals surface area contributed by atoms with E-state index in [1.54, 1.807) is 0 Å². The molecule has 0 bridgehead atoms. The molecule has 0 aliphatic rings. The van der Waals surface area contributed by atoms with Crippen molar-refractivity contribution < 1.29 is 0 Å². The van der Waals surface area contributed by atoms with E-state index in [2.05, 4.69) is 41.4 Å². The van der Waals surface area contributed by atoms with Gasteiger partial charge in [0, 0.05) is 32.0 Å². The molecule has 3 heteroatoms. The lowest BCUT2D eigenvalue weighted by molar-refractivity contribution is 1.09. The second kappa shape index (κ2) is 6.12. The van der Waals surface area contributed by atoms with Gasteiger partial charge in [-0.1, -0.05) is 6.07 Å². The highest BCUT2D eigenvalue weighted by atomic mass is 15.1. The molecular weight excluding hydrogens is 246 g/mol. The van der Waals surface area contributed by atoms with Gasteiger partial charge in [0.25, 0.3) is 0 Å². The van der Waals surface area contributed by atoms with Crippen LogP contribution in [0.2, 0.25) is 0 Å². The maximum Gasteiger partial charge on any atom is 0.0991 e. The molecule has 20 heavy (non-hydrogen) atoms. The van der Waals surface area contributed by atoms with Crippen molar-refractivity contribution in [1.82, 2.24) is 0 Å². The van der Waals surface area contributed by atoms with Gasteiger partial charge in [0.1, 0.15) is 0 Å². The van der Waals surface area contributed by atoms with Gasteiger partial charge in [-0.25, -0.2) is 0 Å². The van der Waals surface area contributed by atoms with Crippen molar-refractivity contribution >= 4 is 11.4 Å². The Morgan fingerprint density at radius 3 is 2.35 bits per heavy atom. The summed E-state index contributed by atoms with van der Waals surface area (Å²) in [7, 11) is 4.09. The molecule has 0 amide bonds. The van der Waals surface area contributed by atoms with Crippen LogP contribution in [0, 0.1) is 18.3 Å². The highest BCUT2D eigenvalue weighted by molar-refractivity contribution is 5.51. The molecule has 0 radical (unpaired) electrons. The van der Waals surface area contributed by atoms with Gasteiger partial charge < -0.3 is 10.2 Å². The molecule has 0 aliphatic carbocycles. The maximum atomic E-state index is 8.77. The smallest absolute Gasteiger partial charge is 0.0991 e. The van der Waals surface area contributed by atoms with E-state index in [0.717, 1.165) is 12.2 Å². The summed E-state index contributed by atoms with van der Waals surface area (Å²) < 4.78 is 0. The van der Waals surface area contributed by atoms with Gasteiger partial charge in [0.2, 0.25) is 0 Å². The van der Waals surface area contributed by atoms with Crippen LogP contribution in [0.1, 0.15) is 16.7 Å². The van der Waals surface area contributed by atoms with Gasteiger partial charge in [-0.3, -0.25) is 0 Å². The predicted molar refractivity (Wildman–Crippen MR) is 84.0 cm³/mol. The number of benzene rings is 2. The maximum absolute atomic E-state index is 8.77. The zero-order valence-electron chi connectivity index (χ0n) is 12.1. The third-order valence-corrected chi connectivity index (χ3v) is 3.34. The number of hydrogen-bond acceptors (Lipinski definition) is 3. The summed E-state index contributed by atoms with van der Waals surface area (Å²) in [5.41, 5.74) is 5.48. The first kappa shape index (κ1) is 14.0. The molecule has 2 aromatic rings. The fraction of sp³-hybridized carbons (Fsp3) is 0.235. The van der Waals surface area contributed by atoms with E-state index in [1.807, 2.05) is 38.4 Å². The third kappa shape index (κ3) is 3.30. The van der Waals surface area contributed by atoms with Gasteiger partial charge in [-0.15, -0.1) is 0 Å². The van der Waals surface area contributed by atoms with Crippen LogP contribution in [-0.2, 0) is 6.54 Å². The Balaban J connectivity index is 2.05. The van der Waals surface area contributed by atoms with E-state index < -0.39 is 0 Å². The number of nitrogens with one attached hydrogen (secondary N) is 1. The predicted octanol–water partition coefficient (Wildman–Crippen LogP) is 3.54. The van der Waals surface area contributed by atoms with Crippen LogP contribution in [0.25, 0.3) is 0 Å². The van der Waals surface area contributed by atoms with Gasteiger partial charge in [-0.2, -0.15) is 5.26 Å². The Kier molecular flexibility index (Phi) is 4.27. The number of nitrogens with zero attached hydrogens (tertiary/aromatic N) is 2. The summed E-state index contributed by atoms with van der Waals surface area (Å²) in [5, 5.41) is 12.1. The number of anilines is 2. The van der Waals surface area contributed by atoms with Crippen molar-refractivity contribution in [2.45, 2.75) is 13.5 Å². The zero-order chi connectivity index (χ0) is 14.5. The van der Waals surface area contributed by atoms with E-state index in [9.17, 15) is 0 Å². The number of hydrogen-bond donors (Lipinski definition) is 1. The van der Waals surface area contributed by atoms with Gasteiger partial charge >= 0.3 is 0 Å². The average Bonchev–Trinajstić information content (AvgIpc) is 2.46. The van der Waals surface area contributed by atoms with Crippen LogP contribution < -0.4 is 10.2 Å². The van der Waals surface area contributed by atoms with Crippen LogP contribution in [0.3, 0.4) is 0 Å². The Labute approximate surface area is 120 Å². The Bertz CT molecular complexity index is 622. The molecule has 102 valence electrons. The van der Waals surface area contributed by atoms with Crippen LogP contribution in [0.15, 0.2) is 42.5 Å². The molecule has 0 unspecified atom stereocenters. The lowest BCUT2D eigenvalue weighted by atomic mass is 10.1. The van der Waals surface area contributed by atoms with E-state index in [-0.39, 0.29) is 0 Å². The molecule has 1 N–H and O–H groups in total. The van der Waals surface area contributed by atoms with E-state index in [4.69, 9.17) is 5.26 Å². The quantitative estimate of drug-likeness (QED) is 0.919. The van der Waals surface area contributed by atoms with Crippen molar-refractivity contribution in [3.63, 3.8) is 0 Å². The molecule has 2 aromatic carbocycles. The molecule has 0 aliphatic heterocycles.